The van der Waals surface area contributed by atoms with E-state index in [0.717, 1.165) is 0 Å². The molecular weight excluding hydrogens is 275 g/mol. The monoisotopic (exact) mass is 283 g/mol. The number of amides is 1. The molecule has 0 bridgehead atoms. The molecule has 1 aromatic rings. The molecule has 1 N–H and O–H groups in total. The van der Waals surface area contributed by atoms with Crippen LogP contribution in [0.5, 0.6) is 0 Å². The van der Waals surface area contributed by atoms with Gasteiger partial charge in [-0.25, -0.2) is 0 Å². The van der Waals surface area contributed by atoms with Gasteiger partial charge >= 0.3 is 5.51 Å². The first kappa shape index (κ1) is 14.2. The quantitative estimate of drug-likeness (QED) is 0.674. The number of carbonyl (C=O) groups excluding carboxylic acids is 1. The van der Waals surface area contributed by atoms with E-state index in [0.29, 0.717) is 5.69 Å². The van der Waals surface area contributed by atoms with Crippen LogP contribution in [0.3, 0.4) is 0 Å². The van der Waals surface area contributed by atoms with Crippen molar-refractivity contribution in [2.45, 2.75) is 22.7 Å². The fraction of sp³-hybridized carbons (Fsp3) is 0.300. The van der Waals surface area contributed by atoms with E-state index >= 15 is 0 Å². The SMILES string of the molecule is C[C@@H](Cl)C(=O)Nc1ccc(SC(F)(F)F)cc1. The van der Waals surface area contributed by atoms with E-state index in [-0.39, 0.29) is 16.7 Å². The Bertz CT molecular complexity index is 392. The standard InChI is InChI=1S/C10H9ClF3NOS/c1-6(11)9(16)15-7-2-4-8(5-3-7)17-10(12,13)14/h2-6H,1H3,(H,15,16)/t6-/m1/s1. The van der Waals surface area contributed by atoms with Crippen LogP contribution in [0, 0.1) is 0 Å². The van der Waals surface area contributed by atoms with Crippen molar-refractivity contribution >= 4 is 35.0 Å². The van der Waals surface area contributed by atoms with E-state index in [1.165, 1.54) is 31.2 Å². The molecule has 0 saturated carbocycles. The van der Waals surface area contributed by atoms with E-state index in [1.807, 2.05) is 0 Å². The summed E-state index contributed by atoms with van der Waals surface area (Å²) in [5.74, 6) is -0.400. The number of anilines is 1. The fourth-order valence-electron chi connectivity index (χ4n) is 0.982. The van der Waals surface area contributed by atoms with Crippen molar-refractivity contribution < 1.29 is 18.0 Å². The van der Waals surface area contributed by atoms with Gasteiger partial charge < -0.3 is 5.32 Å². The van der Waals surface area contributed by atoms with Crippen LogP contribution in [0.4, 0.5) is 18.9 Å². The Labute approximate surface area is 106 Å². The van der Waals surface area contributed by atoms with Gasteiger partial charge in [0.25, 0.3) is 0 Å². The zero-order valence-electron chi connectivity index (χ0n) is 8.72. The Kier molecular flexibility index (Phi) is 4.70. The first-order valence-electron chi connectivity index (χ1n) is 4.58. The van der Waals surface area contributed by atoms with Crippen molar-refractivity contribution in [2.75, 3.05) is 5.32 Å². The number of benzene rings is 1. The summed E-state index contributed by atoms with van der Waals surface area (Å²) in [6.07, 6.45) is 0. The molecule has 0 aliphatic heterocycles. The zero-order chi connectivity index (χ0) is 13.1. The van der Waals surface area contributed by atoms with Crippen LogP contribution in [0.15, 0.2) is 29.2 Å². The van der Waals surface area contributed by atoms with Gasteiger partial charge in [0.05, 0.1) is 0 Å². The van der Waals surface area contributed by atoms with Crippen LogP contribution in [0.1, 0.15) is 6.92 Å². The number of hydrogen-bond acceptors (Lipinski definition) is 2. The lowest BCUT2D eigenvalue weighted by Crippen LogP contribution is -2.20. The summed E-state index contributed by atoms with van der Waals surface area (Å²) in [7, 11) is 0. The summed E-state index contributed by atoms with van der Waals surface area (Å²) in [6, 6.07) is 5.36. The molecule has 0 radical (unpaired) electrons. The Morgan fingerprint density at radius 2 is 1.88 bits per heavy atom. The first-order chi connectivity index (χ1) is 7.78. The third-order valence-corrected chi connectivity index (χ3v) is 2.65. The highest BCUT2D eigenvalue weighted by Crippen LogP contribution is 2.36. The second kappa shape index (κ2) is 5.64. The molecule has 0 fully saturated rings. The molecule has 0 spiro atoms. The molecule has 1 atom stereocenters. The summed E-state index contributed by atoms with van der Waals surface area (Å²) < 4.78 is 36.1. The van der Waals surface area contributed by atoms with Gasteiger partial charge in [0.2, 0.25) is 5.91 Å². The minimum Gasteiger partial charge on any atom is -0.325 e. The van der Waals surface area contributed by atoms with Gasteiger partial charge in [0.15, 0.2) is 0 Å². The summed E-state index contributed by atoms with van der Waals surface area (Å²) in [6.45, 7) is 1.50. The van der Waals surface area contributed by atoms with Crippen LogP contribution >= 0.6 is 23.4 Å². The van der Waals surface area contributed by atoms with Gasteiger partial charge in [0, 0.05) is 10.6 Å². The van der Waals surface area contributed by atoms with Crippen LogP contribution in [-0.2, 0) is 4.79 Å². The molecule has 7 heteroatoms. The Morgan fingerprint density at radius 1 is 1.35 bits per heavy atom. The van der Waals surface area contributed by atoms with Gasteiger partial charge in [-0.3, -0.25) is 4.79 Å². The number of rotatable bonds is 3. The minimum atomic E-state index is -4.31. The summed E-state index contributed by atoms with van der Waals surface area (Å²) in [5, 5.41) is 1.77. The Balaban J connectivity index is 2.65. The number of alkyl halides is 4. The molecule has 1 aromatic carbocycles. The van der Waals surface area contributed by atoms with E-state index in [1.54, 1.807) is 0 Å². The second-order valence-corrected chi connectivity index (χ2v) is 4.97. The molecule has 94 valence electrons. The highest BCUT2D eigenvalue weighted by molar-refractivity contribution is 8.00. The van der Waals surface area contributed by atoms with Gasteiger partial charge in [-0.15, -0.1) is 11.6 Å². The van der Waals surface area contributed by atoms with Crippen molar-refractivity contribution in [1.29, 1.82) is 0 Å². The average molecular weight is 284 g/mol. The zero-order valence-corrected chi connectivity index (χ0v) is 10.3. The minimum absolute atomic E-state index is 0.0643. The molecule has 1 amide bonds. The van der Waals surface area contributed by atoms with Crippen molar-refractivity contribution in [3.8, 4) is 0 Å². The van der Waals surface area contributed by atoms with E-state index < -0.39 is 16.8 Å². The van der Waals surface area contributed by atoms with Crippen molar-refractivity contribution in [2.24, 2.45) is 0 Å². The van der Waals surface area contributed by atoms with Gasteiger partial charge in [-0.1, -0.05) is 0 Å². The maximum atomic E-state index is 12.0. The predicted molar refractivity (Wildman–Crippen MR) is 62.3 cm³/mol. The molecular formula is C10H9ClF3NOS. The lowest BCUT2D eigenvalue weighted by Gasteiger charge is -2.08. The van der Waals surface area contributed by atoms with Crippen molar-refractivity contribution in [3.63, 3.8) is 0 Å². The third kappa shape index (κ3) is 5.32. The Morgan fingerprint density at radius 3 is 2.29 bits per heavy atom. The van der Waals surface area contributed by atoms with E-state index in [2.05, 4.69) is 5.32 Å². The molecule has 0 aliphatic carbocycles. The number of carbonyl (C=O) groups is 1. The average Bonchev–Trinajstić information content (AvgIpc) is 2.18. The fourth-order valence-corrected chi connectivity index (χ4v) is 1.58. The molecule has 2 nitrogen and oxygen atoms in total. The van der Waals surface area contributed by atoms with Gasteiger partial charge in [-0.2, -0.15) is 13.2 Å². The topological polar surface area (TPSA) is 29.1 Å². The lowest BCUT2D eigenvalue weighted by molar-refractivity contribution is -0.115. The highest BCUT2D eigenvalue weighted by atomic mass is 35.5. The maximum absolute atomic E-state index is 12.0. The molecule has 1 rings (SSSR count). The number of halogens is 4. The third-order valence-electron chi connectivity index (χ3n) is 1.72. The first-order valence-corrected chi connectivity index (χ1v) is 5.84. The second-order valence-electron chi connectivity index (χ2n) is 3.18. The van der Waals surface area contributed by atoms with Gasteiger partial charge in [-0.05, 0) is 43.0 Å². The largest absolute Gasteiger partial charge is 0.446 e. The molecule has 0 saturated heterocycles. The highest BCUT2D eigenvalue weighted by Gasteiger charge is 2.29. The normalized spacial score (nSPS) is 13.2. The lowest BCUT2D eigenvalue weighted by atomic mass is 10.3. The Hall–Kier alpha value is -0.880. The molecule has 0 heterocycles. The summed E-state index contributed by atoms with van der Waals surface area (Å²) in [5.41, 5.74) is -3.90. The smallest absolute Gasteiger partial charge is 0.325 e. The van der Waals surface area contributed by atoms with E-state index in [4.69, 9.17) is 11.6 Å². The molecule has 17 heavy (non-hydrogen) atoms. The van der Waals surface area contributed by atoms with E-state index in [9.17, 15) is 18.0 Å². The predicted octanol–water partition coefficient (Wildman–Crippen LogP) is 3.86. The van der Waals surface area contributed by atoms with Crippen LogP contribution in [0.2, 0.25) is 0 Å². The van der Waals surface area contributed by atoms with Crippen LogP contribution < -0.4 is 5.32 Å². The number of nitrogens with one attached hydrogen (secondary N) is 1. The van der Waals surface area contributed by atoms with Crippen LogP contribution in [0.25, 0.3) is 0 Å². The molecule has 0 aromatic heterocycles. The van der Waals surface area contributed by atoms with Crippen LogP contribution in [-0.4, -0.2) is 16.8 Å². The molecule has 0 unspecified atom stereocenters. The number of hydrogen-bond donors (Lipinski definition) is 1. The molecule has 0 aliphatic rings. The number of thioether (sulfide) groups is 1. The van der Waals surface area contributed by atoms with Crippen molar-refractivity contribution in [1.82, 2.24) is 0 Å². The van der Waals surface area contributed by atoms with Crippen molar-refractivity contribution in [3.05, 3.63) is 24.3 Å². The summed E-state index contributed by atoms with van der Waals surface area (Å²) >= 11 is 5.33. The van der Waals surface area contributed by atoms with Gasteiger partial charge in [0.1, 0.15) is 5.38 Å². The maximum Gasteiger partial charge on any atom is 0.446 e. The summed E-state index contributed by atoms with van der Waals surface area (Å²) in [4.78, 5) is 11.3.